The van der Waals surface area contributed by atoms with Crippen LogP contribution in [0.1, 0.15) is 123 Å². The van der Waals surface area contributed by atoms with E-state index < -0.39 is 84.7 Å². The molecule has 3 rings (SSSR count). The van der Waals surface area contributed by atoms with E-state index in [0.717, 1.165) is 70.6 Å². The summed E-state index contributed by atoms with van der Waals surface area (Å²) >= 11 is 0. The van der Waals surface area contributed by atoms with Crippen LogP contribution in [0.3, 0.4) is 0 Å². The highest BCUT2D eigenvalue weighted by atomic mass is 16.5. The molecular formula is C37H60N6O10. The molecule has 16 heteroatoms. The molecule has 53 heavy (non-hydrogen) atoms. The Morgan fingerprint density at radius 1 is 0.811 bits per heavy atom. The van der Waals surface area contributed by atoms with Gasteiger partial charge in [0.05, 0.1) is 18.7 Å². The number of ketones is 1. The molecule has 16 nitrogen and oxygen atoms in total. The van der Waals surface area contributed by atoms with Gasteiger partial charge in [-0.1, -0.05) is 71.6 Å². The average molecular weight is 749 g/mol. The van der Waals surface area contributed by atoms with Crippen LogP contribution >= 0.6 is 0 Å². The predicted octanol–water partition coefficient (Wildman–Crippen LogP) is 1.22. The predicted molar refractivity (Wildman–Crippen MR) is 193 cm³/mol. The molecule has 3 aliphatic rings. The summed E-state index contributed by atoms with van der Waals surface area (Å²) in [5.74, 6) is -6.08. The van der Waals surface area contributed by atoms with Crippen LogP contribution in [0.25, 0.3) is 0 Å². The van der Waals surface area contributed by atoms with Crippen molar-refractivity contribution < 1.29 is 48.2 Å². The van der Waals surface area contributed by atoms with E-state index in [2.05, 4.69) is 21.3 Å². The molecule has 0 bridgehead atoms. The largest absolute Gasteiger partial charge is 0.480 e. The topological polar surface area (TPSA) is 243 Å². The van der Waals surface area contributed by atoms with Gasteiger partial charge in [-0.05, 0) is 50.4 Å². The molecule has 6 amide bonds. The van der Waals surface area contributed by atoms with Gasteiger partial charge in [-0.3, -0.25) is 33.6 Å². The van der Waals surface area contributed by atoms with Gasteiger partial charge in [-0.25, -0.2) is 4.79 Å². The Morgan fingerprint density at radius 3 is 2.08 bits per heavy atom. The highest BCUT2D eigenvalue weighted by molar-refractivity contribution is 6.38. The van der Waals surface area contributed by atoms with Gasteiger partial charge in [0.15, 0.2) is 0 Å². The number of hydrogen-bond donors (Lipinski definition) is 6. The van der Waals surface area contributed by atoms with Crippen molar-refractivity contribution in [2.45, 2.75) is 153 Å². The Kier molecular flexibility index (Phi) is 18.2. The third kappa shape index (κ3) is 14.0. The highest BCUT2D eigenvalue weighted by Crippen LogP contribution is 2.31. The van der Waals surface area contributed by atoms with E-state index in [1.54, 1.807) is 6.92 Å². The van der Waals surface area contributed by atoms with Gasteiger partial charge in [0.1, 0.15) is 24.7 Å². The second-order valence-electron chi connectivity index (χ2n) is 14.8. The van der Waals surface area contributed by atoms with Crippen molar-refractivity contribution in [2.75, 3.05) is 19.7 Å². The molecule has 3 fully saturated rings. The van der Waals surface area contributed by atoms with Crippen molar-refractivity contribution in [1.29, 1.82) is 0 Å². The zero-order valence-electron chi connectivity index (χ0n) is 31.3. The summed E-state index contributed by atoms with van der Waals surface area (Å²) in [7, 11) is 0. The molecule has 1 aliphatic heterocycles. The molecular weight excluding hydrogens is 688 g/mol. The van der Waals surface area contributed by atoms with E-state index in [9.17, 15) is 43.5 Å². The Morgan fingerprint density at radius 2 is 1.47 bits per heavy atom. The molecule has 7 N–H and O–H groups in total. The first-order chi connectivity index (χ1) is 25.3. The molecule has 0 aromatic heterocycles. The second-order valence-corrected chi connectivity index (χ2v) is 14.8. The quantitative estimate of drug-likeness (QED) is 0.0917. The third-order valence-electron chi connectivity index (χ3n) is 10.6. The number of carboxylic acids is 1. The SMILES string of the molecule is CCCCC(NC(=O)CNC(=O)C(=O)C(CCC)NC(=O)C1CC(OCC(=O)O)CN1C(=O)C(NC(=O)CC1CCCCC1)C1CCCCC1)C(N)=O. The molecule has 5 unspecified atom stereocenters. The molecule has 1 saturated heterocycles. The van der Waals surface area contributed by atoms with Crippen molar-refractivity contribution >= 4 is 47.2 Å². The first kappa shape index (κ1) is 43.3. The Hall–Kier alpha value is -4.08. The standard InChI is InChI=1S/C37H60N6O10/c1-3-5-17-27(34(38)49)40-30(45)20-39-36(51)33(48)26(12-4-2)41-35(50)28-19-25(53-22-31(46)47)21-43(28)37(52)32(24-15-10-7-11-16-24)42-29(44)18-23-13-8-6-9-14-23/h23-28,32H,3-22H2,1-2H3,(H2,38,49)(H,39,51)(H,40,45)(H,41,50)(H,42,44)(H,46,47). The summed E-state index contributed by atoms with van der Waals surface area (Å²) in [5, 5.41) is 19.6. The number of aliphatic carboxylic acids is 1. The number of ether oxygens (including phenoxy) is 1. The van der Waals surface area contributed by atoms with Gasteiger partial charge in [0.25, 0.3) is 5.91 Å². The average Bonchev–Trinajstić information content (AvgIpc) is 3.58. The zero-order valence-corrected chi connectivity index (χ0v) is 31.3. The molecule has 0 aromatic rings. The van der Waals surface area contributed by atoms with Crippen LogP contribution in [-0.4, -0.2) is 107 Å². The van der Waals surface area contributed by atoms with Crippen LogP contribution in [0.5, 0.6) is 0 Å². The van der Waals surface area contributed by atoms with E-state index in [-0.39, 0.29) is 37.1 Å². The van der Waals surface area contributed by atoms with Crippen molar-refractivity contribution in [3.8, 4) is 0 Å². The van der Waals surface area contributed by atoms with E-state index in [1.807, 2.05) is 6.92 Å². The van der Waals surface area contributed by atoms with Crippen LogP contribution in [0.15, 0.2) is 0 Å². The number of likely N-dealkylation sites (tertiary alicyclic amines) is 1. The smallest absolute Gasteiger partial charge is 0.329 e. The van der Waals surface area contributed by atoms with E-state index >= 15 is 0 Å². The lowest BCUT2D eigenvalue weighted by Gasteiger charge is -2.35. The van der Waals surface area contributed by atoms with Crippen molar-refractivity contribution in [2.24, 2.45) is 17.6 Å². The van der Waals surface area contributed by atoms with E-state index in [0.29, 0.717) is 25.7 Å². The summed E-state index contributed by atoms with van der Waals surface area (Å²) in [6.07, 6.45) is 11.2. The zero-order chi connectivity index (χ0) is 38.9. The Labute approximate surface area is 311 Å². The van der Waals surface area contributed by atoms with Gasteiger partial charge in [0, 0.05) is 19.4 Å². The number of amides is 6. The molecule has 2 saturated carbocycles. The molecule has 5 atom stereocenters. The number of nitrogens with zero attached hydrogens (tertiary/aromatic N) is 1. The van der Waals surface area contributed by atoms with Gasteiger partial charge >= 0.3 is 5.97 Å². The van der Waals surface area contributed by atoms with Crippen LogP contribution in [0.2, 0.25) is 0 Å². The molecule has 0 radical (unpaired) electrons. The number of primary amides is 1. The van der Waals surface area contributed by atoms with Crippen LogP contribution in [0, 0.1) is 11.8 Å². The number of carbonyl (C=O) groups excluding carboxylic acids is 7. The maximum atomic E-state index is 14.4. The van der Waals surface area contributed by atoms with Crippen LogP contribution in [0.4, 0.5) is 0 Å². The fourth-order valence-corrected chi connectivity index (χ4v) is 7.68. The van der Waals surface area contributed by atoms with Gasteiger partial charge in [-0.2, -0.15) is 0 Å². The minimum absolute atomic E-state index is 0.0588. The number of rotatable bonds is 21. The highest BCUT2D eigenvalue weighted by Gasteiger charge is 2.45. The lowest BCUT2D eigenvalue weighted by Crippen LogP contribution is -2.58. The van der Waals surface area contributed by atoms with Gasteiger partial charge < -0.3 is 41.7 Å². The maximum Gasteiger partial charge on any atom is 0.329 e. The molecule has 1 heterocycles. The fourth-order valence-electron chi connectivity index (χ4n) is 7.68. The molecule has 0 spiro atoms. The summed E-state index contributed by atoms with van der Waals surface area (Å²) in [6, 6.07) is -4.28. The first-order valence-electron chi connectivity index (χ1n) is 19.5. The molecule has 2 aliphatic carbocycles. The maximum absolute atomic E-state index is 14.4. The lowest BCUT2D eigenvalue weighted by atomic mass is 9.82. The lowest BCUT2D eigenvalue weighted by molar-refractivity contribution is -0.145. The monoisotopic (exact) mass is 748 g/mol. The molecule has 0 aromatic carbocycles. The third-order valence-corrected chi connectivity index (χ3v) is 10.6. The normalized spacial score (nSPS) is 21.1. The number of nitrogens with one attached hydrogen (secondary N) is 4. The first-order valence-corrected chi connectivity index (χ1v) is 19.5. The van der Waals surface area contributed by atoms with Crippen molar-refractivity contribution in [3.63, 3.8) is 0 Å². The minimum Gasteiger partial charge on any atom is -0.480 e. The van der Waals surface area contributed by atoms with Crippen molar-refractivity contribution in [3.05, 3.63) is 0 Å². The summed E-state index contributed by atoms with van der Waals surface area (Å²) < 4.78 is 5.53. The van der Waals surface area contributed by atoms with Crippen LogP contribution < -0.4 is 27.0 Å². The van der Waals surface area contributed by atoms with Crippen LogP contribution in [-0.2, 0) is 43.1 Å². The number of unbranched alkanes of at least 4 members (excludes halogenated alkanes) is 1. The Balaban J connectivity index is 1.74. The number of carboxylic acid groups (broad SMARTS) is 1. The number of hydrogen-bond acceptors (Lipinski definition) is 9. The summed E-state index contributed by atoms with van der Waals surface area (Å²) in [4.78, 5) is 105. The van der Waals surface area contributed by atoms with Gasteiger partial charge in [0.2, 0.25) is 35.3 Å². The summed E-state index contributed by atoms with van der Waals surface area (Å²) in [5.41, 5.74) is 5.37. The Bertz CT molecular complexity index is 1300. The van der Waals surface area contributed by atoms with E-state index in [4.69, 9.17) is 10.5 Å². The van der Waals surface area contributed by atoms with Gasteiger partial charge in [-0.15, -0.1) is 0 Å². The number of carbonyl (C=O) groups is 8. The molecule has 298 valence electrons. The van der Waals surface area contributed by atoms with E-state index in [1.165, 1.54) is 4.90 Å². The van der Waals surface area contributed by atoms with Crippen molar-refractivity contribution in [1.82, 2.24) is 26.2 Å². The number of nitrogens with two attached hydrogens (primary N) is 1. The fraction of sp³-hybridized carbons (Fsp3) is 0.784. The summed E-state index contributed by atoms with van der Waals surface area (Å²) in [6.45, 7) is 2.32. The number of Topliss-reactive ketones (excluding diaryl/α,β-unsaturated/α-hetero) is 1. The minimum atomic E-state index is -1.29. The second kappa shape index (κ2) is 22.2.